The smallest absolute Gasteiger partial charge is 0.387 e. The number of aryl methyl sites for hydroxylation is 1. The summed E-state index contributed by atoms with van der Waals surface area (Å²) in [6.07, 6.45) is 0. The van der Waals surface area contributed by atoms with Crippen molar-refractivity contribution < 1.29 is 18.3 Å². The number of para-hydroxylation sites is 2. The molecular formula is C18H17F2N3O3. The molecule has 26 heavy (non-hydrogen) atoms. The molecule has 136 valence electrons. The van der Waals surface area contributed by atoms with Gasteiger partial charge in [-0.2, -0.15) is 8.78 Å². The zero-order valence-corrected chi connectivity index (χ0v) is 14.0. The van der Waals surface area contributed by atoms with Crippen molar-refractivity contribution in [2.45, 2.75) is 19.7 Å². The molecule has 1 amide bonds. The average molecular weight is 361 g/mol. The first-order chi connectivity index (χ1) is 12.5. The Morgan fingerprint density at radius 3 is 2.42 bits per heavy atom. The van der Waals surface area contributed by atoms with Gasteiger partial charge in [-0.25, -0.2) is 4.79 Å². The highest BCUT2D eigenvalue weighted by atomic mass is 19.3. The molecule has 0 aliphatic carbocycles. The minimum Gasteiger partial charge on any atom is -0.435 e. The molecule has 0 atom stereocenters. The number of ether oxygens (including phenoxy) is 1. The van der Waals surface area contributed by atoms with E-state index in [-0.39, 0.29) is 30.4 Å². The number of nitrogens with zero attached hydrogens (tertiary/aromatic N) is 2. The van der Waals surface area contributed by atoms with Crippen LogP contribution in [0.2, 0.25) is 0 Å². The molecule has 0 saturated carbocycles. The Kier molecular flexibility index (Phi) is 5.01. The molecule has 1 N–H and O–H groups in total. The maximum atomic E-state index is 12.3. The van der Waals surface area contributed by atoms with E-state index in [9.17, 15) is 18.4 Å². The Bertz CT molecular complexity index is 978. The molecule has 6 nitrogen and oxygen atoms in total. The van der Waals surface area contributed by atoms with Gasteiger partial charge in [-0.1, -0.05) is 24.3 Å². The number of amides is 1. The summed E-state index contributed by atoms with van der Waals surface area (Å²) >= 11 is 0. The van der Waals surface area contributed by atoms with Crippen LogP contribution in [-0.4, -0.2) is 21.7 Å². The van der Waals surface area contributed by atoms with Gasteiger partial charge in [0.25, 0.3) is 0 Å². The number of alkyl halides is 2. The maximum Gasteiger partial charge on any atom is 0.387 e. The summed E-state index contributed by atoms with van der Waals surface area (Å²) in [4.78, 5) is 24.5. The fraction of sp³-hybridized carbons (Fsp3) is 0.222. The lowest BCUT2D eigenvalue weighted by molar-refractivity contribution is -0.121. The van der Waals surface area contributed by atoms with Crippen molar-refractivity contribution in [1.82, 2.24) is 14.5 Å². The average Bonchev–Trinajstić information content (AvgIpc) is 2.86. The van der Waals surface area contributed by atoms with E-state index in [1.807, 2.05) is 12.1 Å². The van der Waals surface area contributed by atoms with Crippen LogP contribution in [0.5, 0.6) is 5.75 Å². The van der Waals surface area contributed by atoms with Gasteiger partial charge < -0.3 is 10.1 Å². The van der Waals surface area contributed by atoms with Gasteiger partial charge in [0.2, 0.25) is 5.91 Å². The number of rotatable bonds is 6. The van der Waals surface area contributed by atoms with Crippen molar-refractivity contribution in [2.24, 2.45) is 7.05 Å². The highest BCUT2D eigenvalue weighted by molar-refractivity contribution is 5.80. The van der Waals surface area contributed by atoms with E-state index >= 15 is 0 Å². The van der Waals surface area contributed by atoms with E-state index in [2.05, 4.69) is 10.1 Å². The van der Waals surface area contributed by atoms with Gasteiger partial charge in [0.15, 0.2) is 0 Å². The molecule has 0 fully saturated rings. The number of aromatic nitrogens is 2. The first-order valence-electron chi connectivity index (χ1n) is 7.90. The van der Waals surface area contributed by atoms with Crippen LogP contribution in [0.3, 0.4) is 0 Å². The highest BCUT2D eigenvalue weighted by Gasteiger charge is 2.13. The second kappa shape index (κ2) is 7.38. The van der Waals surface area contributed by atoms with E-state index in [1.54, 1.807) is 31.3 Å². The minimum atomic E-state index is -2.88. The predicted molar refractivity (Wildman–Crippen MR) is 92.1 cm³/mol. The van der Waals surface area contributed by atoms with Crippen LogP contribution in [0.15, 0.2) is 53.3 Å². The van der Waals surface area contributed by atoms with Crippen LogP contribution >= 0.6 is 0 Å². The van der Waals surface area contributed by atoms with Gasteiger partial charge in [0.05, 0.1) is 11.0 Å². The van der Waals surface area contributed by atoms with E-state index in [0.717, 1.165) is 11.1 Å². The van der Waals surface area contributed by atoms with Crippen molar-refractivity contribution in [3.8, 4) is 5.75 Å². The number of hydrogen-bond donors (Lipinski definition) is 1. The fourth-order valence-corrected chi connectivity index (χ4v) is 2.70. The summed E-state index contributed by atoms with van der Waals surface area (Å²) < 4.78 is 31.4. The minimum absolute atomic E-state index is 0.0531. The molecule has 3 rings (SSSR count). The largest absolute Gasteiger partial charge is 0.435 e. The molecule has 0 spiro atoms. The van der Waals surface area contributed by atoms with Gasteiger partial charge in [0.1, 0.15) is 12.3 Å². The van der Waals surface area contributed by atoms with Crippen LogP contribution in [0, 0.1) is 0 Å². The maximum absolute atomic E-state index is 12.3. The Labute approximate surface area is 147 Å². The van der Waals surface area contributed by atoms with Crippen LogP contribution in [0.1, 0.15) is 5.56 Å². The Morgan fingerprint density at radius 2 is 1.77 bits per heavy atom. The highest BCUT2D eigenvalue weighted by Crippen LogP contribution is 2.15. The van der Waals surface area contributed by atoms with Gasteiger partial charge >= 0.3 is 12.3 Å². The van der Waals surface area contributed by atoms with Crippen LogP contribution in [0.25, 0.3) is 11.0 Å². The lowest BCUT2D eigenvalue weighted by Crippen LogP contribution is -2.32. The molecule has 0 bridgehead atoms. The van der Waals surface area contributed by atoms with Gasteiger partial charge in [-0.05, 0) is 29.8 Å². The van der Waals surface area contributed by atoms with Gasteiger partial charge in [-0.15, -0.1) is 0 Å². The Balaban J connectivity index is 1.65. The molecular weight excluding hydrogens is 344 g/mol. The topological polar surface area (TPSA) is 65.3 Å². The SMILES string of the molecule is Cn1c(=O)n(CC(=O)NCc2ccc(OC(F)F)cc2)c2ccccc21. The third-order valence-electron chi connectivity index (χ3n) is 3.99. The normalized spacial score (nSPS) is 11.1. The van der Waals surface area contributed by atoms with Gasteiger partial charge in [0, 0.05) is 13.6 Å². The molecule has 0 aliphatic heterocycles. The number of nitrogens with one attached hydrogen (secondary N) is 1. The summed E-state index contributed by atoms with van der Waals surface area (Å²) in [7, 11) is 1.65. The first kappa shape index (κ1) is 17.7. The first-order valence-corrected chi connectivity index (χ1v) is 7.90. The van der Waals surface area contributed by atoms with Crippen LogP contribution in [-0.2, 0) is 24.9 Å². The Hall–Kier alpha value is -3.16. The quantitative estimate of drug-likeness (QED) is 0.732. The van der Waals surface area contributed by atoms with E-state index in [0.29, 0.717) is 5.52 Å². The Morgan fingerprint density at radius 1 is 1.12 bits per heavy atom. The summed E-state index contributed by atoms with van der Waals surface area (Å²) in [5.41, 5.74) is 1.89. The predicted octanol–water partition coefficient (Wildman–Crippen LogP) is 2.26. The number of halogens is 2. The lowest BCUT2D eigenvalue weighted by Gasteiger charge is -2.08. The molecule has 0 saturated heterocycles. The summed E-state index contributed by atoms with van der Waals surface area (Å²) in [6, 6.07) is 13.2. The third-order valence-corrected chi connectivity index (χ3v) is 3.99. The molecule has 0 unspecified atom stereocenters. The second-order valence-corrected chi connectivity index (χ2v) is 5.72. The van der Waals surface area contributed by atoms with Gasteiger partial charge in [-0.3, -0.25) is 13.9 Å². The van der Waals surface area contributed by atoms with Crippen molar-refractivity contribution in [3.05, 3.63) is 64.6 Å². The lowest BCUT2D eigenvalue weighted by atomic mass is 10.2. The van der Waals surface area contributed by atoms with E-state index < -0.39 is 6.61 Å². The molecule has 1 aromatic heterocycles. The molecule has 1 heterocycles. The number of benzene rings is 2. The molecule has 0 radical (unpaired) electrons. The molecule has 8 heteroatoms. The van der Waals surface area contributed by atoms with Crippen LogP contribution < -0.4 is 15.7 Å². The standard InChI is InChI=1S/C18H17F2N3O3/c1-22-14-4-2-3-5-15(14)23(18(22)25)11-16(24)21-10-12-6-8-13(9-7-12)26-17(19)20/h2-9,17H,10-11H2,1H3,(H,21,24). The molecule has 3 aromatic rings. The summed E-state index contributed by atoms with van der Waals surface area (Å²) in [6.45, 7) is -2.76. The number of imidazole rings is 1. The van der Waals surface area contributed by atoms with Crippen molar-refractivity contribution in [2.75, 3.05) is 0 Å². The van der Waals surface area contributed by atoms with Crippen molar-refractivity contribution >= 4 is 16.9 Å². The fourth-order valence-electron chi connectivity index (χ4n) is 2.70. The number of fused-ring (bicyclic) bond motifs is 1. The van der Waals surface area contributed by atoms with Crippen molar-refractivity contribution in [3.63, 3.8) is 0 Å². The number of hydrogen-bond acceptors (Lipinski definition) is 3. The summed E-state index contributed by atoms with van der Waals surface area (Å²) in [5, 5.41) is 2.71. The number of carbonyl (C=O) groups excluding carboxylic acids is 1. The molecule has 2 aromatic carbocycles. The van der Waals surface area contributed by atoms with Crippen LogP contribution in [0.4, 0.5) is 8.78 Å². The third kappa shape index (κ3) is 3.74. The molecule has 0 aliphatic rings. The number of carbonyl (C=O) groups is 1. The zero-order chi connectivity index (χ0) is 18.7. The van der Waals surface area contributed by atoms with Crippen molar-refractivity contribution in [1.29, 1.82) is 0 Å². The van der Waals surface area contributed by atoms with E-state index in [4.69, 9.17) is 0 Å². The summed E-state index contributed by atoms with van der Waals surface area (Å²) in [5.74, 6) is -0.270. The second-order valence-electron chi connectivity index (χ2n) is 5.72. The monoisotopic (exact) mass is 361 g/mol. The zero-order valence-electron chi connectivity index (χ0n) is 14.0. The van der Waals surface area contributed by atoms with E-state index in [1.165, 1.54) is 21.3 Å².